The maximum absolute atomic E-state index is 8.77. The molecular formula is C17H28O4. The lowest BCUT2D eigenvalue weighted by Gasteiger charge is -2.17. The molecule has 1 fully saturated rings. The van der Waals surface area contributed by atoms with Crippen LogP contribution in [-0.4, -0.2) is 16.6 Å². The number of hydrogen-bond donors (Lipinski definition) is 2. The van der Waals surface area contributed by atoms with E-state index in [1.54, 1.807) is 6.07 Å². The minimum atomic E-state index is 0.153. The van der Waals surface area contributed by atoms with Crippen LogP contribution < -0.4 is 4.89 Å². The maximum atomic E-state index is 8.77. The lowest BCUT2D eigenvalue weighted by molar-refractivity contribution is -0.276. The van der Waals surface area contributed by atoms with E-state index in [0.29, 0.717) is 17.6 Å². The highest BCUT2D eigenvalue weighted by molar-refractivity contribution is 5.43. The molecule has 0 aliphatic heterocycles. The fourth-order valence-electron chi connectivity index (χ4n) is 2.76. The van der Waals surface area contributed by atoms with E-state index >= 15 is 0 Å². The van der Waals surface area contributed by atoms with Gasteiger partial charge in [0.25, 0.3) is 0 Å². The van der Waals surface area contributed by atoms with Crippen molar-refractivity contribution in [1.82, 2.24) is 0 Å². The Hall–Kier alpha value is -1.10. The lowest BCUT2D eigenvalue weighted by atomic mass is 9.90. The van der Waals surface area contributed by atoms with Crippen molar-refractivity contribution in [1.29, 1.82) is 0 Å². The van der Waals surface area contributed by atoms with E-state index < -0.39 is 0 Å². The topological polar surface area (TPSA) is 58.9 Å². The Morgan fingerprint density at radius 2 is 1.62 bits per heavy atom. The highest BCUT2D eigenvalue weighted by atomic mass is 17.1. The SMILES string of the molecule is CC(C)c1cccc(OO)c1C(C)C.OOC1CCCC1. The molecule has 0 bridgehead atoms. The predicted molar refractivity (Wildman–Crippen MR) is 83.8 cm³/mol. The Bertz CT molecular complexity index is 409. The predicted octanol–water partition coefficient (Wildman–Crippen LogP) is 5.20. The molecule has 0 amide bonds. The average molecular weight is 296 g/mol. The van der Waals surface area contributed by atoms with Crippen LogP contribution in [0.15, 0.2) is 18.2 Å². The van der Waals surface area contributed by atoms with Crippen molar-refractivity contribution < 1.29 is 20.3 Å². The molecule has 1 aromatic rings. The monoisotopic (exact) mass is 296 g/mol. The molecule has 2 rings (SSSR count). The Morgan fingerprint density at radius 1 is 1.00 bits per heavy atom. The lowest BCUT2D eigenvalue weighted by Crippen LogP contribution is -2.02. The Balaban J connectivity index is 0.000000262. The third-order valence-electron chi connectivity index (χ3n) is 3.85. The van der Waals surface area contributed by atoms with Gasteiger partial charge in [-0.15, -0.1) is 0 Å². The van der Waals surface area contributed by atoms with Crippen LogP contribution in [0, 0.1) is 0 Å². The molecule has 1 aliphatic carbocycles. The van der Waals surface area contributed by atoms with Crippen LogP contribution in [0.1, 0.15) is 76.3 Å². The first-order valence-electron chi connectivity index (χ1n) is 7.75. The van der Waals surface area contributed by atoms with Gasteiger partial charge in [-0.25, -0.2) is 10.1 Å². The van der Waals surface area contributed by atoms with Crippen LogP contribution in [0.5, 0.6) is 5.75 Å². The Labute approximate surface area is 127 Å². The van der Waals surface area contributed by atoms with E-state index in [9.17, 15) is 0 Å². The van der Waals surface area contributed by atoms with Gasteiger partial charge < -0.3 is 4.89 Å². The molecule has 1 saturated carbocycles. The molecule has 0 atom stereocenters. The molecule has 120 valence electrons. The zero-order valence-corrected chi connectivity index (χ0v) is 13.5. The van der Waals surface area contributed by atoms with Crippen molar-refractivity contribution in [2.75, 3.05) is 0 Å². The zero-order valence-electron chi connectivity index (χ0n) is 13.5. The van der Waals surface area contributed by atoms with Crippen LogP contribution in [-0.2, 0) is 4.89 Å². The molecule has 0 radical (unpaired) electrons. The van der Waals surface area contributed by atoms with E-state index in [2.05, 4.69) is 43.5 Å². The third-order valence-corrected chi connectivity index (χ3v) is 3.85. The summed E-state index contributed by atoms with van der Waals surface area (Å²) >= 11 is 0. The highest BCUT2D eigenvalue weighted by Crippen LogP contribution is 2.33. The van der Waals surface area contributed by atoms with E-state index in [1.165, 1.54) is 18.4 Å². The molecule has 1 aromatic carbocycles. The minimum Gasteiger partial charge on any atom is -0.340 e. The van der Waals surface area contributed by atoms with Crippen molar-refractivity contribution in [3.8, 4) is 5.75 Å². The van der Waals surface area contributed by atoms with Crippen molar-refractivity contribution in [2.45, 2.75) is 71.3 Å². The molecule has 2 N–H and O–H groups in total. The van der Waals surface area contributed by atoms with E-state index in [0.717, 1.165) is 18.4 Å². The third kappa shape index (κ3) is 5.30. The van der Waals surface area contributed by atoms with Gasteiger partial charge in [0.2, 0.25) is 0 Å². The van der Waals surface area contributed by atoms with E-state index in [-0.39, 0.29) is 6.10 Å². The van der Waals surface area contributed by atoms with Crippen LogP contribution in [0.25, 0.3) is 0 Å². The van der Waals surface area contributed by atoms with Crippen molar-refractivity contribution in [3.63, 3.8) is 0 Å². The molecule has 0 aromatic heterocycles. The van der Waals surface area contributed by atoms with E-state index in [1.807, 2.05) is 6.07 Å². The Morgan fingerprint density at radius 3 is 2.00 bits per heavy atom. The van der Waals surface area contributed by atoms with Gasteiger partial charge in [0.15, 0.2) is 5.75 Å². The first-order valence-corrected chi connectivity index (χ1v) is 7.75. The molecule has 21 heavy (non-hydrogen) atoms. The number of benzene rings is 1. The van der Waals surface area contributed by atoms with Crippen LogP contribution in [0.2, 0.25) is 0 Å². The van der Waals surface area contributed by atoms with Gasteiger partial charge in [-0.05, 0) is 36.3 Å². The average Bonchev–Trinajstić information content (AvgIpc) is 3.00. The summed E-state index contributed by atoms with van der Waals surface area (Å²) in [5, 5.41) is 16.8. The molecule has 0 spiro atoms. The van der Waals surface area contributed by atoms with Gasteiger partial charge in [0.1, 0.15) is 0 Å². The van der Waals surface area contributed by atoms with Gasteiger partial charge in [0.05, 0.1) is 6.10 Å². The summed E-state index contributed by atoms with van der Waals surface area (Å²) in [5.41, 5.74) is 2.34. The summed E-state index contributed by atoms with van der Waals surface area (Å²) < 4.78 is 0. The maximum Gasteiger partial charge on any atom is 0.168 e. The summed E-state index contributed by atoms with van der Waals surface area (Å²) in [5.74, 6) is 1.38. The molecule has 0 heterocycles. The first kappa shape index (κ1) is 18.0. The summed E-state index contributed by atoms with van der Waals surface area (Å²) in [4.78, 5) is 8.51. The standard InChI is InChI=1S/C12H18O2.C5H10O2/c1-8(2)10-6-5-7-11(14-13)12(10)9(3)4;6-7-5-3-1-2-4-5/h5-9,13H,1-4H3;5-6H,1-4H2. The minimum absolute atomic E-state index is 0.153. The van der Waals surface area contributed by atoms with Crippen molar-refractivity contribution in [2.24, 2.45) is 0 Å². The highest BCUT2D eigenvalue weighted by Gasteiger charge is 2.15. The van der Waals surface area contributed by atoms with Gasteiger partial charge >= 0.3 is 0 Å². The van der Waals surface area contributed by atoms with Crippen LogP contribution >= 0.6 is 0 Å². The van der Waals surface area contributed by atoms with Crippen molar-refractivity contribution in [3.05, 3.63) is 29.3 Å². The second-order valence-electron chi connectivity index (χ2n) is 6.17. The summed E-state index contributed by atoms with van der Waals surface area (Å²) in [6.07, 6.45) is 4.66. The summed E-state index contributed by atoms with van der Waals surface area (Å²) in [6.45, 7) is 8.48. The summed E-state index contributed by atoms with van der Waals surface area (Å²) in [6, 6.07) is 5.79. The second kappa shape index (κ2) is 9.03. The molecule has 1 aliphatic rings. The van der Waals surface area contributed by atoms with Gasteiger partial charge in [-0.1, -0.05) is 52.7 Å². The largest absolute Gasteiger partial charge is 0.340 e. The zero-order chi connectivity index (χ0) is 15.8. The molecule has 0 unspecified atom stereocenters. The van der Waals surface area contributed by atoms with Crippen molar-refractivity contribution >= 4 is 0 Å². The quantitative estimate of drug-likeness (QED) is 0.592. The van der Waals surface area contributed by atoms with Crippen LogP contribution in [0.3, 0.4) is 0 Å². The van der Waals surface area contributed by atoms with Gasteiger partial charge in [0, 0.05) is 5.56 Å². The fourth-order valence-corrected chi connectivity index (χ4v) is 2.76. The fraction of sp³-hybridized carbons (Fsp3) is 0.647. The van der Waals surface area contributed by atoms with Gasteiger partial charge in [-0.3, -0.25) is 5.26 Å². The Kier molecular flexibility index (Phi) is 7.72. The first-order chi connectivity index (χ1) is 10.0. The number of rotatable bonds is 4. The smallest absolute Gasteiger partial charge is 0.168 e. The molecular weight excluding hydrogens is 268 g/mol. The summed E-state index contributed by atoms with van der Waals surface area (Å²) in [7, 11) is 0. The number of hydrogen-bond acceptors (Lipinski definition) is 4. The van der Waals surface area contributed by atoms with E-state index in [4.69, 9.17) is 10.5 Å². The molecule has 4 nitrogen and oxygen atoms in total. The van der Waals surface area contributed by atoms with Crippen LogP contribution in [0.4, 0.5) is 0 Å². The second-order valence-corrected chi connectivity index (χ2v) is 6.17. The molecule has 4 heteroatoms. The normalized spacial score (nSPS) is 15.2. The molecule has 0 saturated heterocycles. The van der Waals surface area contributed by atoms with Gasteiger partial charge in [-0.2, -0.15) is 0 Å².